The number of rotatable bonds is 7. The number of aromatic nitrogens is 4. The van der Waals surface area contributed by atoms with Crippen molar-refractivity contribution in [3.63, 3.8) is 0 Å². The number of alkyl halides is 3. The number of amides is 1. The summed E-state index contributed by atoms with van der Waals surface area (Å²) in [6.45, 7) is 4.33. The third kappa shape index (κ3) is 6.68. The topological polar surface area (TPSA) is 88.3 Å². The third-order valence-corrected chi connectivity index (χ3v) is 7.31. The van der Waals surface area contributed by atoms with Gasteiger partial charge in [0.1, 0.15) is 11.5 Å². The van der Waals surface area contributed by atoms with Crippen molar-refractivity contribution < 1.29 is 18.0 Å². The first-order valence-electron chi connectivity index (χ1n) is 12.6. The smallest absolute Gasteiger partial charge is 0.355 e. The van der Waals surface area contributed by atoms with E-state index in [9.17, 15) is 18.0 Å². The zero-order valence-corrected chi connectivity index (χ0v) is 22.4. The van der Waals surface area contributed by atoms with Gasteiger partial charge in [0.25, 0.3) is 5.91 Å². The Morgan fingerprint density at radius 2 is 1.80 bits per heavy atom. The number of pyridine rings is 1. The van der Waals surface area contributed by atoms with Crippen LogP contribution in [0.25, 0.3) is 11.1 Å². The first-order chi connectivity index (χ1) is 19.3. The minimum Gasteiger partial charge on any atom is -0.355 e. The van der Waals surface area contributed by atoms with Gasteiger partial charge in [0.15, 0.2) is 0 Å². The number of carbonyl (C=O) groups excluding carboxylic acids is 1. The molecule has 1 fully saturated rings. The van der Waals surface area contributed by atoms with Crippen molar-refractivity contribution in [3.8, 4) is 11.1 Å². The van der Waals surface area contributed by atoms with Crippen LogP contribution in [-0.2, 0) is 12.7 Å². The van der Waals surface area contributed by atoms with Crippen molar-refractivity contribution in [3.05, 3.63) is 94.9 Å². The Labute approximate surface area is 233 Å². The molecule has 0 spiro atoms. The summed E-state index contributed by atoms with van der Waals surface area (Å²) in [6.07, 6.45) is 0.464. The molecule has 1 aliphatic rings. The highest BCUT2D eigenvalue weighted by Crippen LogP contribution is 2.29. The molecule has 1 saturated heterocycles. The standard InChI is InChI=1S/C28H26F3N7OS/c1-19-2-4-20(5-3-19)22-14-23(26(32-15-22)37-10-12-40-13-11-37)17-38-18-25(34-36-38)16-33-35-27(39)21-6-8-24(9-7-21)28(29,30)31/h2-9,14-16,18H,10-13,17H2,1H3,(H,35,39)/b33-16+. The summed E-state index contributed by atoms with van der Waals surface area (Å²) >= 11 is 1.93. The van der Waals surface area contributed by atoms with Gasteiger partial charge < -0.3 is 4.90 Å². The number of hydrogen-bond donors (Lipinski definition) is 1. The van der Waals surface area contributed by atoms with Crippen molar-refractivity contribution >= 4 is 29.7 Å². The van der Waals surface area contributed by atoms with Crippen LogP contribution in [0, 0.1) is 6.92 Å². The van der Waals surface area contributed by atoms with Crippen molar-refractivity contribution in [2.45, 2.75) is 19.6 Å². The summed E-state index contributed by atoms with van der Waals surface area (Å²) < 4.78 is 39.9. The van der Waals surface area contributed by atoms with E-state index < -0.39 is 17.6 Å². The maximum atomic E-state index is 12.7. The molecule has 1 N–H and O–H groups in total. The van der Waals surface area contributed by atoms with E-state index in [4.69, 9.17) is 4.98 Å². The Kier molecular flexibility index (Phi) is 8.15. The Morgan fingerprint density at radius 1 is 1.07 bits per heavy atom. The summed E-state index contributed by atoms with van der Waals surface area (Å²) in [4.78, 5) is 19.4. The maximum Gasteiger partial charge on any atom is 0.416 e. The number of hydrazone groups is 1. The van der Waals surface area contributed by atoms with E-state index >= 15 is 0 Å². The molecule has 4 aromatic rings. The normalized spacial score (nSPS) is 14.1. The van der Waals surface area contributed by atoms with Gasteiger partial charge in [-0.2, -0.15) is 30.0 Å². The molecule has 2 aromatic carbocycles. The zero-order valence-electron chi connectivity index (χ0n) is 21.6. The van der Waals surface area contributed by atoms with Gasteiger partial charge in [0, 0.05) is 47.5 Å². The number of anilines is 1. The average Bonchev–Trinajstić information content (AvgIpc) is 3.40. The number of halogens is 3. The molecular weight excluding hydrogens is 539 g/mol. The van der Waals surface area contributed by atoms with Gasteiger partial charge in [0.2, 0.25) is 0 Å². The predicted molar refractivity (Wildman–Crippen MR) is 150 cm³/mol. The molecule has 0 saturated carbocycles. The summed E-state index contributed by atoms with van der Waals surface area (Å²) in [5.74, 6) is 2.37. The van der Waals surface area contributed by atoms with E-state index in [1.54, 1.807) is 10.9 Å². The predicted octanol–water partition coefficient (Wildman–Crippen LogP) is 5.03. The first kappa shape index (κ1) is 27.4. The van der Waals surface area contributed by atoms with Crippen LogP contribution < -0.4 is 10.3 Å². The van der Waals surface area contributed by atoms with Gasteiger partial charge in [-0.25, -0.2) is 15.1 Å². The third-order valence-electron chi connectivity index (χ3n) is 6.36. The first-order valence-corrected chi connectivity index (χ1v) is 13.7. The number of nitrogens with zero attached hydrogens (tertiary/aromatic N) is 6. The van der Waals surface area contributed by atoms with Crippen LogP contribution in [0.3, 0.4) is 0 Å². The van der Waals surface area contributed by atoms with E-state index in [2.05, 4.69) is 63.0 Å². The SMILES string of the molecule is Cc1ccc(-c2cnc(N3CCSCC3)c(Cn3cc(/C=N/NC(=O)c4ccc(C(F)(F)F)cc4)nn3)c2)cc1. The lowest BCUT2D eigenvalue weighted by atomic mass is 10.0. The fourth-order valence-corrected chi connectivity index (χ4v) is 5.14. The zero-order chi connectivity index (χ0) is 28.1. The summed E-state index contributed by atoms with van der Waals surface area (Å²) in [5, 5.41) is 12.2. The fourth-order valence-electron chi connectivity index (χ4n) is 4.24. The van der Waals surface area contributed by atoms with Crippen molar-refractivity contribution in [1.82, 2.24) is 25.4 Å². The Morgan fingerprint density at radius 3 is 2.50 bits per heavy atom. The highest BCUT2D eigenvalue weighted by atomic mass is 32.2. The second kappa shape index (κ2) is 11.9. The number of aryl methyl sites for hydroxylation is 1. The van der Waals surface area contributed by atoms with Crippen LogP contribution in [0.5, 0.6) is 0 Å². The molecule has 0 unspecified atom stereocenters. The molecule has 5 rings (SSSR count). The molecule has 2 aromatic heterocycles. The van der Waals surface area contributed by atoms with Gasteiger partial charge >= 0.3 is 6.18 Å². The van der Waals surface area contributed by atoms with Gasteiger partial charge in [-0.15, -0.1) is 5.10 Å². The van der Waals surface area contributed by atoms with Crippen LogP contribution in [0.15, 0.2) is 72.1 Å². The lowest BCUT2D eigenvalue weighted by Gasteiger charge is -2.29. The minimum atomic E-state index is -4.47. The lowest BCUT2D eigenvalue weighted by Crippen LogP contribution is -2.34. The minimum absolute atomic E-state index is 0.0541. The Hall–Kier alpha value is -4.19. The monoisotopic (exact) mass is 565 g/mol. The summed E-state index contributed by atoms with van der Waals surface area (Å²) in [6, 6.07) is 14.3. The Bertz CT molecular complexity index is 1500. The molecule has 0 aliphatic carbocycles. The van der Waals surface area contributed by atoms with Crippen molar-refractivity contribution in [2.75, 3.05) is 29.5 Å². The summed E-state index contributed by atoms with van der Waals surface area (Å²) in [7, 11) is 0. The van der Waals surface area contributed by atoms with Gasteiger partial charge in [-0.05, 0) is 42.8 Å². The average molecular weight is 566 g/mol. The Balaban J connectivity index is 1.29. The number of hydrogen-bond acceptors (Lipinski definition) is 7. The van der Waals surface area contributed by atoms with E-state index in [-0.39, 0.29) is 5.56 Å². The molecule has 40 heavy (non-hydrogen) atoms. The molecule has 1 amide bonds. The highest BCUT2D eigenvalue weighted by molar-refractivity contribution is 7.99. The molecule has 0 atom stereocenters. The van der Waals surface area contributed by atoms with Crippen molar-refractivity contribution in [2.24, 2.45) is 5.10 Å². The molecule has 8 nitrogen and oxygen atoms in total. The molecule has 0 bridgehead atoms. The van der Waals surface area contributed by atoms with Crippen LogP contribution in [0.1, 0.15) is 32.7 Å². The molecule has 3 heterocycles. The highest BCUT2D eigenvalue weighted by Gasteiger charge is 2.30. The summed E-state index contributed by atoms with van der Waals surface area (Å²) in [5.41, 5.74) is 6.22. The van der Waals surface area contributed by atoms with Crippen LogP contribution in [0.2, 0.25) is 0 Å². The molecular formula is C28H26F3N7OS. The number of nitrogens with one attached hydrogen (secondary N) is 1. The lowest BCUT2D eigenvalue weighted by molar-refractivity contribution is -0.137. The second-order valence-corrected chi connectivity index (χ2v) is 10.5. The number of thioether (sulfide) groups is 1. The van der Waals surface area contributed by atoms with Crippen LogP contribution >= 0.6 is 11.8 Å². The number of benzene rings is 2. The molecule has 0 radical (unpaired) electrons. The molecule has 206 valence electrons. The number of carbonyl (C=O) groups is 1. The van der Waals surface area contributed by atoms with Gasteiger partial charge in [-0.1, -0.05) is 35.0 Å². The molecule has 1 aliphatic heterocycles. The van der Waals surface area contributed by atoms with E-state index in [0.29, 0.717) is 12.2 Å². The van der Waals surface area contributed by atoms with Gasteiger partial charge in [0.05, 0.1) is 24.5 Å². The van der Waals surface area contributed by atoms with Crippen LogP contribution in [-0.4, -0.2) is 56.7 Å². The quantitative estimate of drug-likeness (QED) is 0.250. The van der Waals surface area contributed by atoms with Crippen molar-refractivity contribution in [1.29, 1.82) is 0 Å². The van der Waals surface area contributed by atoms with Crippen LogP contribution in [0.4, 0.5) is 19.0 Å². The van der Waals surface area contributed by atoms with E-state index in [1.165, 1.54) is 11.8 Å². The second-order valence-electron chi connectivity index (χ2n) is 9.29. The largest absolute Gasteiger partial charge is 0.416 e. The maximum absolute atomic E-state index is 12.7. The molecule has 12 heteroatoms. The van der Waals surface area contributed by atoms with E-state index in [0.717, 1.165) is 71.4 Å². The van der Waals surface area contributed by atoms with Gasteiger partial charge in [-0.3, -0.25) is 4.79 Å². The van der Waals surface area contributed by atoms with E-state index in [1.807, 2.05) is 18.0 Å². The fraction of sp³-hybridized carbons (Fsp3) is 0.250.